The Kier molecular flexibility index (Phi) is 5.97. The highest BCUT2D eigenvalue weighted by molar-refractivity contribution is 7.98. The first-order valence-corrected chi connectivity index (χ1v) is 8.07. The van der Waals surface area contributed by atoms with Crippen molar-refractivity contribution in [2.45, 2.75) is 10.6 Å². The molecule has 0 amide bonds. The molecule has 5 nitrogen and oxygen atoms in total. The lowest BCUT2D eigenvalue weighted by Crippen LogP contribution is -1.91. The molecule has 0 atom stereocenters. The van der Waals surface area contributed by atoms with Crippen molar-refractivity contribution in [1.82, 2.24) is 0 Å². The van der Waals surface area contributed by atoms with Crippen molar-refractivity contribution in [2.75, 3.05) is 0 Å². The Morgan fingerprint density at radius 1 is 1.21 bits per heavy atom. The van der Waals surface area contributed by atoms with Crippen molar-refractivity contribution in [2.24, 2.45) is 0 Å². The van der Waals surface area contributed by atoms with Gasteiger partial charge in [-0.15, -0.1) is 11.8 Å². The Bertz CT molecular complexity index is 864. The number of nitro benzene ring substituents is 1. The number of halogens is 1. The van der Waals surface area contributed by atoms with E-state index >= 15 is 0 Å². The van der Waals surface area contributed by atoms with E-state index in [9.17, 15) is 10.1 Å². The number of hydrogen-bond acceptors (Lipinski definition) is 5. The van der Waals surface area contributed by atoms with Crippen LogP contribution in [0.3, 0.4) is 0 Å². The van der Waals surface area contributed by atoms with E-state index in [4.69, 9.17) is 22.1 Å². The molecule has 0 aromatic heterocycles. The third-order valence-corrected chi connectivity index (χ3v) is 4.46. The Morgan fingerprint density at radius 3 is 2.46 bits per heavy atom. The minimum Gasteiger partial charge on any atom is -0.258 e. The quantitative estimate of drug-likeness (QED) is 0.327. The van der Waals surface area contributed by atoms with Gasteiger partial charge in [0.25, 0.3) is 5.69 Å². The van der Waals surface area contributed by atoms with E-state index in [1.54, 1.807) is 30.3 Å². The molecule has 2 aromatic rings. The zero-order valence-electron chi connectivity index (χ0n) is 12.3. The number of nitriles is 2. The molecule has 0 unspecified atom stereocenters. The number of benzene rings is 2. The van der Waals surface area contributed by atoms with Crippen LogP contribution in [0.4, 0.5) is 5.69 Å². The molecule has 0 saturated carbocycles. The van der Waals surface area contributed by atoms with Crippen molar-refractivity contribution < 1.29 is 4.92 Å². The average Bonchev–Trinajstić information content (AvgIpc) is 2.59. The predicted octanol–water partition coefficient (Wildman–Crippen LogP) is 4.97. The van der Waals surface area contributed by atoms with Crippen LogP contribution in [0.5, 0.6) is 0 Å². The molecule has 0 heterocycles. The van der Waals surface area contributed by atoms with Gasteiger partial charge in [0.2, 0.25) is 0 Å². The Labute approximate surface area is 147 Å². The molecular formula is C17H10ClN3O2S. The first-order chi connectivity index (χ1) is 11.5. The third-order valence-electron chi connectivity index (χ3n) is 3.05. The Balaban J connectivity index is 2.32. The fourth-order valence-corrected chi connectivity index (χ4v) is 2.97. The van der Waals surface area contributed by atoms with E-state index in [2.05, 4.69) is 0 Å². The SMILES string of the molecule is N#CC(C#N)=Cc1cc([N+](=O)[O-])ccc1SCc1ccc(Cl)cc1. The van der Waals surface area contributed by atoms with Gasteiger partial charge in [0.1, 0.15) is 17.7 Å². The summed E-state index contributed by atoms with van der Waals surface area (Å²) < 4.78 is 0. The summed E-state index contributed by atoms with van der Waals surface area (Å²) in [6.07, 6.45) is 1.36. The lowest BCUT2D eigenvalue weighted by Gasteiger charge is -2.06. The van der Waals surface area contributed by atoms with Gasteiger partial charge in [-0.05, 0) is 35.4 Å². The summed E-state index contributed by atoms with van der Waals surface area (Å²) in [6.45, 7) is 0. The maximum absolute atomic E-state index is 10.9. The number of hydrogen-bond donors (Lipinski definition) is 0. The molecule has 7 heteroatoms. The average molecular weight is 356 g/mol. The van der Waals surface area contributed by atoms with Crippen LogP contribution in [0.15, 0.2) is 52.9 Å². The summed E-state index contributed by atoms with van der Waals surface area (Å²) in [7, 11) is 0. The van der Waals surface area contributed by atoms with Gasteiger partial charge in [-0.2, -0.15) is 10.5 Å². The first kappa shape index (κ1) is 17.6. The second-order valence-electron chi connectivity index (χ2n) is 4.68. The summed E-state index contributed by atoms with van der Waals surface area (Å²) in [5.74, 6) is 0.629. The zero-order chi connectivity index (χ0) is 17.5. The van der Waals surface area contributed by atoms with E-state index in [0.717, 1.165) is 10.5 Å². The maximum Gasteiger partial charge on any atom is 0.270 e. The topological polar surface area (TPSA) is 90.7 Å². The zero-order valence-corrected chi connectivity index (χ0v) is 13.8. The normalized spacial score (nSPS) is 9.62. The van der Waals surface area contributed by atoms with Crippen LogP contribution in [0.1, 0.15) is 11.1 Å². The Morgan fingerprint density at radius 2 is 1.88 bits per heavy atom. The molecule has 0 N–H and O–H groups in total. The van der Waals surface area contributed by atoms with E-state index in [0.29, 0.717) is 16.3 Å². The molecule has 0 radical (unpaired) electrons. The highest BCUT2D eigenvalue weighted by Crippen LogP contribution is 2.31. The van der Waals surface area contributed by atoms with Crippen LogP contribution in [0.25, 0.3) is 6.08 Å². The molecule has 0 aliphatic heterocycles. The van der Waals surface area contributed by atoms with Crippen LogP contribution in [-0.2, 0) is 5.75 Å². The van der Waals surface area contributed by atoms with Crippen molar-refractivity contribution in [3.05, 3.63) is 74.3 Å². The van der Waals surface area contributed by atoms with E-state index in [1.807, 2.05) is 12.1 Å². The van der Waals surface area contributed by atoms with Crippen LogP contribution in [0.2, 0.25) is 5.02 Å². The van der Waals surface area contributed by atoms with Gasteiger partial charge in [0, 0.05) is 27.8 Å². The molecule has 0 bridgehead atoms. The number of rotatable bonds is 5. The van der Waals surface area contributed by atoms with Gasteiger partial charge in [0.15, 0.2) is 0 Å². The van der Waals surface area contributed by atoms with E-state index < -0.39 is 4.92 Å². The summed E-state index contributed by atoms with van der Waals surface area (Å²) in [6, 6.07) is 15.3. The molecule has 0 spiro atoms. The standard InChI is InChI=1S/C17H10ClN3O2S/c18-15-3-1-12(2-4-15)11-24-17-6-5-16(21(22)23)8-14(17)7-13(9-19)10-20/h1-8H,11H2. The van der Waals surface area contributed by atoms with Gasteiger partial charge in [-0.3, -0.25) is 10.1 Å². The fourth-order valence-electron chi connectivity index (χ4n) is 1.88. The number of nitrogens with zero attached hydrogens (tertiary/aromatic N) is 3. The van der Waals surface area contributed by atoms with Gasteiger partial charge < -0.3 is 0 Å². The molecule has 0 aliphatic carbocycles. The summed E-state index contributed by atoms with van der Waals surface area (Å²) in [5.41, 5.74) is 1.32. The van der Waals surface area contributed by atoms with Crippen molar-refractivity contribution in [3.8, 4) is 12.1 Å². The van der Waals surface area contributed by atoms with Gasteiger partial charge in [-0.25, -0.2) is 0 Å². The monoisotopic (exact) mass is 355 g/mol. The van der Waals surface area contributed by atoms with Crippen molar-refractivity contribution in [3.63, 3.8) is 0 Å². The van der Waals surface area contributed by atoms with Crippen molar-refractivity contribution >= 4 is 35.1 Å². The second kappa shape index (κ2) is 8.16. The molecular weight excluding hydrogens is 346 g/mol. The number of nitro groups is 1. The van der Waals surface area contributed by atoms with Crippen molar-refractivity contribution in [1.29, 1.82) is 10.5 Å². The summed E-state index contributed by atoms with van der Waals surface area (Å²) >= 11 is 7.31. The van der Waals surface area contributed by atoms with E-state index in [-0.39, 0.29) is 11.3 Å². The highest BCUT2D eigenvalue weighted by Gasteiger charge is 2.11. The van der Waals surface area contributed by atoms with Crippen LogP contribution in [-0.4, -0.2) is 4.92 Å². The number of non-ortho nitro benzene ring substituents is 1. The predicted molar refractivity (Wildman–Crippen MR) is 93.3 cm³/mol. The van der Waals surface area contributed by atoms with E-state index in [1.165, 1.54) is 30.0 Å². The first-order valence-electron chi connectivity index (χ1n) is 6.71. The summed E-state index contributed by atoms with van der Waals surface area (Å²) in [5, 5.41) is 29.4. The fraction of sp³-hybridized carbons (Fsp3) is 0.0588. The molecule has 2 rings (SSSR count). The van der Waals surface area contributed by atoms with Crippen LogP contribution in [0, 0.1) is 32.8 Å². The second-order valence-corrected chi connectivity index (χ2v) is 6.13. The lowest BCUT2D eigenvalue weighted by molar-refractivity contribution is -0.384. The van der Waals surface area contributed by atoms with Gasteiger partial charge in [0.05, 0.1) is 4.92 Å². The van der Waals surface area contributed by atoms with Gasteiger partial charge in [-0.1, -0.05) is 23.7 Å². The molecule has 2 aromatic carbocycles. The summed E-state index contributed by atoms with van der Waals surface area (Å²) in [4.78, 5) is 11.2. The lowest BCUT2D eigenvalue weighted by atomic mass is 10.1. The minimum absolute atomic E-state index is 0.0904. The molecule has 0 aliphatic rings. The highest BCUT2D eigenvalue weighted by atomic mass is 35.5. The van der Waals surface area contributed by atoms with Gasteiger partial charge >= 0.3 is 0 Å². The number of allylic oxidation sites excluding steroid dienone is 1. The number of thioether (sulfide) groups is 1. The maximum atomic E-state index is 10.9. The Hall–Kier alpha value is -2.80. The molecule has 118 valence electrons. The minimum atomic E-state index is -0.511. The molecule has 24 heavy (non-hydrogen) atoms. The van der Waals surface area contributed by atoms with Crippen LogP contribution >= 0.6 is 23.4 Å². The molecule has 0 saturated heterocycles. The molecule has 0 fully saturated rings. The van der Waals surface area contributed by atoms with Crippen LogP contribution < -0.4 is 0 Å². The third kappa shape index (κ3) is 4.60. The smallest absolute Gasteiger partial charge is 0.258 e. The largest absolute Gasteiger partial charge is 0.270 e.